The fraction of sp³-hybridized carbons (Fsp3) is 0.429. The van der Waals surface area contributed by atoms with Crippen LogP contribution in [-0.4, -0.2) is 51.1 Å². The number of aryl methyl sites for hydroxylation is 2. The largest absolute Gasteiger partial charge is 0.478 e. The zero-order chi connectivity index (χ0) is 17.4. The fourth-order valence-corrected chi connectivity index (χ4v) is 1.85. The van der Waals surface area contributed by atoms with Crippen molar-refractivity contribution in [3.8, 4) is 0 Å². The Kier molecular flexibility index (Phi) is 6.78. The fourth-order valence-electron chi connectivity index (χ4n) is 1.85. The van der Waals surface area contributed by atoms with Crippen LogP contribution in [0.25, 0.3) is 0 Å². The molecule has 1 aromatic heterocycles. The molecule has 0 aliphatic carbocycles. The van der Waals surface area contributed by atoms with E-state index in [0.29, 0.717) is 24.8 Å². The zero-order valence-corrected chi connectivity index (χ0v) is 13.2. The van der Waals surface area contributed by atoms with Gasteiger partial charge in [-0.1, -0.05) is 0 Å². The Morgan fingerprint density at radius 2 is 1.91 bits per heavy atom. The van der Waals surface area contributed by atoms with Crippen LogP contribution < -0.4 is 5.32 Å². The van der Waals surface area contributed by atoms with Gasteiger partial charge in [-0.25, -0.2) is 14.6 Å². The number of anilines is 1. The third-order valence-corrected chi connectivity index (χ3v) is 2.87. The van der Waals surface area contributed by atoms with Crippen LogP contribution in [0, 0.1) is 13.8 Å². The monoisotopic (exact) mass is 324 g/mol. The average molecular weight is 324 g/mol. The normalized spacial score (nSPS) is 13.1. The molecule has 1 aromatic rings. The molecule has 0 bridgehead atoms. The second kappa shape index (κ2) is 8.57. The number of nitrogens with zero attached hydrogens (tertiary/aromatic N) is 3. The van der Waals surface area contributed by atoms with E-state index in [9.17, 15) is 9.59 Å². The summed E-state index contributed by atoms with van der Waals surface area (Å²) in [4.78, 5) is 23.3. The molecule has 1 aliphatic heterocycles. The summed E-state index contributed by atoms with van der Waals surface area (Å²) in [5, 5.41) is 23.2. The molecule has 0 amide bonds. The Labute approximate surface area is 133 Å². The molecule has 0 spiro atoms. The zero-order valence-electron chi connectivity index (χ0n) is 13.2. The van der Waals surface area contributed by atoms with Gasteiger partial charge in [0.05, 0.1) is 23.6 Å². The Morgan fingerprint density at radius 1 is 1.30 bits per heavy atom. The molecule has 0 radical (unpaired) electrons. The number of ether oxygens (including phenoxy) is 1. The molecule has 0 saturated heterocycles. The van der Waals surface area contributed by atoms with Gasteiger partial charge in [0, 0.05) is 18.7 Å². The second-order valence-corrected chi connectivity index (χ2v) is 4.53. The first-order valence-corrected chi connectivity index (χ1v) is 6.97. The third-order valence-electron chi connectivity index (χ3n) is 2.87. The summed E-state index contributed by atoms with van der Waals surface area (Å²) in [6.45, 7) is 8.39. The smallest absolute Gasteiger partial charge is 0.328 e. The number of aliphatic carboxylic acids is 2. The Bertz CT molecular complexity index is 617. The Balaban J connectivity index is 0.000000284. The molecule has 0 atom stereocenters. The highest BCUT2D eigenvalue weighted by molar-refractivity contribution is 5.91. The van der Waals surface area contributed by atoms with Gasteiger partial charge in [0.15, 0.2) is 0 Å². The van der Waals surface area contributed by atoms with Crippen LogP contribution in [0.15, 0.2) is 17.1 Å². The van der Waals surface area contributed by atoms with Crippen LogP contribution in [0.2, 0.25) is 0 Å². The molecule has 9 heteroatoms. The molecule has 1 aliphatic rings. The van der Waals surface area contributed by atoms with Crippen molar-refractivity contribution < 1.29 is 24.5 Å². The van der Waals surface area contributed by atoms with Crippen molar-refractivity contribution in [1.82, 2.24) is 9.78 Å². The summed E-state index contributed by atoms with van der Waals surface area (Å²) >= 11 is 0. The highest BCUT2D eigenvalue weighted by Crippen LogP contribution is 2.19. The van der Waals surface area contributed by atoms with Crippen molar-refractivity contribution >= 4 is 23.6 Å². The topological polar surface area (TPSA) is 126 Å². The minimum atomic E-state index is -1.26. The maximum Gasteiger partial charge on any atom is 0.328 e. The van der Waals surface area contributed by atoms with Gasteiger partial charge in [-0.2, -0.15) is 5.10 Å². The van der Waals surface area contributed by atoms with Crippen molar-refractivity contribution in [2.45, 2.75) is 27.3 Å². The first kappa shape index (κ1) is 18.2. The van der Waals surface area contributed by atoms with E-state index < -0.39 is 11.9 Å². The molecular weight excluding hydrogens is 304 g/mol. The van der Waals surface area contributed by atoms with E-state index in [2.05, 4.69) is 22.3 Å². The van der Waals surface area contributed by atoms with Gasteiger partial charge in [0.1, 0.15) is 6.61 Å². The number of rotatable bonds is 4. The summed E-state index contributed by atoms with van der Waals surface area (Å²) in [6, 6.07) is 0.608. The SMILES string of the molecule is CCn1nc(C)c(NC2=NCCO2)c1C.O=C(O)/C=C/C(=O)O. The molecule has 2 rings (SSSR count). The highest BCUT2D eigenvalue weighted by atomic mass is 16.5. The van der Waals surface area contributed by atoms with Crippen molar-refractivity contribution in [3.05, 3.63) is 23.5 Å². The summed E-state index contributed by atoms with van der Waals surface area (Å²) in [7, 11) is 0. The van der Waals surface area contributed by atoms with Gasteiger partial charge < -0.3 is 20.3 Å². The predicted octanol–water partition coefficient (Wildman–Crippen LogP) is 1.03. The number of carboxylic acids is 2. The van der Waals surface area contributed by atoms with Gasteiger partial charge in [0.2, 0.25) is 0 Å². The Hall–Kier alpha value is -2.84. The second-order valence-electron chi connectivity index (χ2n) is 4.53. The lowest BCUT2D eigenvalue weighted by atomic mass is 10.3. The summed E-state index contributed by atoms with van der Waals surface area (Å²) in [6.07, 6.45) is 1.12. The lowest BCUT2D eigenvalue weighted by Crippen LogP contribution is -2.13. The summed E-state index contributed by atoms with van der Waals surface area (Å²) in [5.74, 6) is -2.51. The lowest BCUT2D eigenvalue weighted by Gasteiger charge is -2.06. The van der Waals surface area contributed by atoms with Crippen LogP contribution >= 0.6 is 0 Å². The van der Waals surface area contributed by atoms with Crippen molar-refractivity contribution in [2.75, 3.05) is 18.5 Å². The Morgan fingerprint density at radius 3 is 2.30 bits per heavy atom. The van der Waals surface area contributed by atoms with Gasteiger partial charge >= 0.3 is 11.9 Å². The summed E-state index contributed by atoms with van der Waals surface area (Å²) in [5.41, 5.74) is 3.11. The van der Waals surface area contributed by atoms with Crippen molar-refractivity contribution in [2.24, 2.45) is 4.99 Å². The van der Waals surface area contributed by atoms with E-state index in [1.54, 1.807) is 0 Å². The molecule has 0 unspecified atom stereocenters. The quantitative estimate of drug-likeness (QED) is 0.706. The van der Waals surface area contributed by atoms with E-state index >= 15 is 0 Å². The van der Waals surface area contributed by atoms with Gasteiger partial charge in [-0.15, -0.1) is 0 Å². The van der Waals surface area contributed by atoms with Crippen LogP contribution in [0.1, 0.15) is 18.3 Å². The van der Waals surface area contributed by atoms with E-state index in [1.807, 2.05) is 18.5 Å². The molecule has 3 N–H and O–H groups in total. The predicted molar refractivity (Wildman–Crippen MR) is 83.7 cm³/mol. The van der Waals surface area contributed by atoms with Crippen LogP contribution in [-0.2, 0) is 20.9 Å². The minimum absolute atomic E-state index is 0.558. The average Bonchev–Trinajstić information content (AvgIpc) is 3.09. The van der Waals surface area contributed by atoms with E-state index in [0.717, 1.165) is 30.2 Å². The number of hydrogen-bond donors (Lipinski definition) is 3. The van der Waals surface area contributed by atoms with E-state index in [-0.39, 0.29) is 0 Å². The van der Waals surface area contributed by atoms with Crippen LogP contribution in [0.5, 0.6) is 0 Å². The molecule has 9 nitrogen and oxygen atoms in total. The molecule has 0 saturated carbocycles. The number of aromatic nitrogens is 2. The molecule has 0 fully saturated rings. The number of carboxylic acid groups (broad SMARTS) is 2. The van der Waals surface area contributed by atoms with Gasteiger partial charge in [-0.3, -0.25) is 4.68 Å². The maximum absolute atomic E-state index is 9.55. The number of amidine groups is 1. The molecule has 2 heterocycles. The van der Waals surface area contributed by atoms with Crippen LogP contribution in [0.4, 0.5) is 5.69 Å². The van der Waals surface area contributed by atoms with E-state index in [4.69, 9.17) is 14.9 Å². The van der Waals surface area contributed by atoms with Gasteiger partial charge in [0.25, 0.3) is 6.02 Å². The first-order chi connectivity index (χ1) is 10.8. The molecule has 23 heavy (non-hydrogen) atoms. The molecule has 126 valence electrons. The van der Waals surface area contributed by atoms with Crippen molar-refractivity contribution in [3.63, 3.8) is 0 Å². The van der Waals surface area contributed by atoms with Crippen molar-refractivity contribution in [1.29, 1.82) is 0 Å². The number of nitrogens with one attached hydrogen (secondary N) is 1. The van der Waals surface area contributed by atoms with Gasteiger partial charge in [-0.05, 0) is 20.8 Å². The summed E-state index contributed by atoms with van der Waals surface area (Å²) < 4.78 is 7.28. The van der Waals surface area contributed by atoms with E-state index in [1.165, 1.54) is 0 Å². The lowest BCUT2D eigenvalue weighted by molar-refractivity contribution is -0.134. The molecule has 0 aromatic carbocycles. The standard InChI is InChI=1S/C10H16N4O.C4H4O4/c1-4-14-8(3)9(7(2)13-14)12-10-11-5-6-15-10;5-3(6)1-2-4(7)8/h4-6H2,1-3H3,(H,11,12);1-2H,(H,5,6)(H,7,8)/b;2-1+. The minimum Gasteiger partial charge on any atom is -0.478 e. The van der Waals surface area contributed by atoms with Crippen LogP contribution in [0.3, 0.4) is 0 Å². The first-order valence-electron chi connectivity index (χ1n) is 6.97. The highest BCUT2D eigenvalue weighted by Gasteiger charge is 2.14. The third kappa shape index (κ3) is 5.81. The maximum atomic E-state index is 9.55. The number of carbonyl (C=O) groups is 2. The number of aliphatic imine (C=N–C) groups is 1. The number of hydrogen-bond acceptors (Lipinski definition) is 6. The molecular formula is C14H20N4O5.